The molecular weight excluding hydrogens is 316 g/mol. The maximum absolute atomic E-state index is 12.2. The second kappa shape index (κ2) is 7.65. The molecule has 120 valence electrons. The van der Waals surface area contributed by atoms with Crippen molar-refractivity contribution in [2.75, 3.05) is 12.4 Å². The van der Waals surface area contributed by atoms with Gasteiger partial charge >= 0.3 is 0 Å². The maximum atomic E-state index is 12.2. The van der Waals surface area contributed by atoms with E-state index >= 15 is 0 Å². The third kappa shape index (κ3) is 4.72. The molecule has 0 heterocycles. The average Bonchev–Trinajstić information content (AvgIpc) is 2.56. The molecular formula is C17H17ClN2O3. The number of benzene rings is 2. The monoisotopic (exact) mass is 332 g/mol. The van der Waals surface area contributed by atoms with Crippen LogP contribution in [-0.2, 0) is 4.79 Å². The van der Waals surface area contributed by atoms with Crippen molar-refractivity contribution in [2.45, 2.75) is 13.0 Å². The summed E-state index contributed by atoms with van der Waals surface area (Å²) < 4.78 is 5.55. The third-order valence-corrected chi connectivity index (χ3v) is 3.37. The topological polar surface area (TPSA) is 67.4 Å². The summed E-state index contributed by atoms with van der Waals surface area (Å²) in [5.41, 5.74) is 0.999. The maximum Gasteiger partial charge on any atom is 0.265 e. The van der Waals surface area contributed by atoms with Gasteiger partial charge in [0, 0.05) is 23.3 Å². The largest absolute Gasteiger partial charge is 0.481 e. The van der Waals surface area contributed by atoms with E-state index in [0.29, 0.717) is 22.0 Å². The second-order valence-electron chi connectivity index (χ2n) is 4.86. The Morgan fingerprint density at radius 1 is 1.13 bits per heavy atom. The lowest BCUT2D eigenvalue weighted by Gasteiger charge is -2.15. The Bertz CT molecular complexity index is 701. The Morgan fingerprint density at radius 3 is 2.48 bits per heavy atom. The molecule has 0 aliphatic carbocycles. The van der Waals surface area contributed by atoms with Crippen molar-refractivity contribution < 1.29 is 14.3 Å². The molecule has 6 heteroatoms. The summed E-state index contributed by atoms with van der Waals surface area (Å²) in [6.45, 7) is 1.65. The van der Waals surface area contributed by atoms with Crippen LogP contribution in [0.2, 0.25) is 5.02 Å². The first-order chi connectivity index (χ1) is 11.0. The van der Waals surface area contributed by atoms with E-state index in [0.717, 1.165) is 0 Å². The number of hydrogen-bond acceptors (Lipinski definition) is 3. The summed E-state index contributed by atoms with van der Waals surface area (Å²) in [6, 6.07) is 13.4. The van der Waals surface area contributed by atoms with E-state index in [4.69, 9.17) is 16.3 Å². The molecule has 0 saturated carbocycles. The van der Waals surface area contributed by atoms with Crippen LogP contribution in [0.4, 0.5) is 5.69 Å². The number of ether oxygens (including phenoxy) is 1. The lowest BCUT2D eigenvalue weighted by molar-refractivity contribution is -0.122. The highest BCUT2D eigenvalue weighted by Gasteiger charge is 2.15. The number of rotatable bonds is 5. The normalized spacial score (nSPS) is 11.4. The molecule has 0 radical (unpaired) electrons. The Labute approximate surface area is 139 Å². The molecule has 0 spiro atoms. The molecule has 0 saturated heterocycles. The van der Waals surface area contributed by atoms with E-state index in [1.165, 1.54) is 0 Å². The van der Waals surface area contributed by atoms with Gasteiger partial charge in [-0.05, 0) is 49.4 Å². The Morgan fingerprint density at radius 2 is 1.83 bits per heavy atom. The quantitative estimate of drug-likeness (QED) is 0.884. The van der Waals surface area contributed by atoms with Crippen LogP contribution in [-0.4, -0.2) is 25.0 Å². The van der Waals surface area contributed by atoms with Gasteiger partial charge in [-0.15, -0.1) is 0 Å². The van der Waals surface area contributed by atoms with E-state index in [1.807, 2.05) is 0 Å². The SMILES string of the molecule is CNC(=O)c1cccc(NC(=O)C(C)Oc2ccc(Cl)cc2)c1. The fourth-order valence-corrected chi connectivity index (χ4v) is 2.02. The second-order valence-corrected chi connectivity index (χ2v) is 5.30. The van der Waals surface area contributed by atoms with Crippen molar-refractivity contribution in [2.24, 2.45) is 0 Å². The summed E-state index contributed by atoms with van der Waals surface area (Å²) in [5.74, 6) is 0.0247. The molecule has 0 bridgehead atoms. The number of anilines is 1. The first-order valence-corrected chi connectivity index (χ1v) is 7.42. The number of hydrogen-bond donors (Lipinski definition) is 2. The van der Waals surface area contributed by atoms with Gasteiger partial charge in [0.05, 0.1) is 0 Å². The van der Waals surface area contributed by atoms with E-state index in [2.05, 4.69) is 10.6 Å². The zero-order chi connectivity index (χ0) is 16.8. The van der Waals surface area contributed by atoms with Gasteiger partial charge < -0.3 is 15.4 Å². The van der Waals surface area contributed by atoms with E-state index in [1.54, 1.807) is 62.5 Å². The number of carbonyl (C=O) groups excluding carboxylic acids is 2. The van der Waals surface area contributed by atoms with Crippen LogP contribution in [0, 0.1) is 0 Å². The first-order valence-electron chi connectivity index (χ1n) is 7.05. The predicted octanol–water partition coefficient (Wildman–Crippen LogP) is 3.11. The van der Waals surface area contributed by atoms with Crippen LogP contribution in [0.15, 0.2) is 48.5 Å². The lowest BCUT2D eigenvalue weighted by atomic mass is 10.2. The highest BCUT2D eigenvalue weighted by Crippen LogP contribution is 2.17. The molecule has 23 heavy (non-hydrogen) atoms. The Kier molecular flexibility index (Phi) is 5.60. The van der Waals surface area contributed by atoms with Crippen molar-refractivity contribution in [1.29, 1.82) is 0 Å². The van der Waals surface area contributed by atoms with Crippen LogP contribution < -0.4 is 15.4 Å². The first kappa shape index (κ1) is 16.8. The van der Waals surface area contributed by atoms with Crippen molar-refractivity contribution >= 4 is 29.1 Å². The van der Waals surface area contributed by atoms with Gasteiger partial charge in [-0.2, -0.15) is 0 Å². The molecule has 0 aliphatic rings. The Balaban J connectivity index is 2.00. The molecule has 1 unspecified atom stereocenters. The molecule has 2 aromatic carbocycles. The van der Waals surface area contributed by atoms with Crippen LogP contribution in [0.5, 0.6) is 5.75 Å². The zero-order valence-corrected chi connectivity index (χ0v) is 13.6. The van der Waals surface area contributed by atoms with Gasteiger partial charge in [0.2, 0.25) is 0 Å². The molecule has 0 aliphatic heterocycles. The van der Waals surface area contributed by atoms with Gasteiger partial charge in [0.1, 0.15) is 5.75 Å². The molecule has 2 amide bonds. The molecule has 1 atom stereocenters. The van der Waals surface area contributed by atoms with Crippen molar-refractivity contribution in [1.82, 2.24) is 5.32 Å². The van der Waals surface area contributed by atoms with Crippen molar-refractivity contribution in [3.05, 3.63) is 59.1 Å². The van der Waals surface area contributed by atoms with Gasteiger partial charge in [0.25, 0.3) is 11.8 Å². The van der Waals surface area contributed by atoms with Crippen LogP contribution in [0.25, 0.3) is 0 Å². The van der Waals surface area contributed by atoms with E-state index in [9.17, 15) is 9.59 Å². The summed E-state index contributed by atoms with van der Waals surface area (Å²) in [7, 11) is 1.55. The Hall–Kier alpha value is -2.53. The lowest BCUT2D eigenvalue weighted by Crippen LogP contribution is -2.30. The van der Waals surface area contributed by atoms with Crippen LogP contribution in [0.1, 0.15) is 17.3 Å². The fourth-order valence-electron chi connectivity index (χ4n) is 1.90. The molecule has 2 rings (SSSR count). The summed E-state index contributed by atoms with van der Waals surface area (Å²) >= 11 is 5.80. The van der Waals surface area contributed by atoms with Crippen molar-refractivity contribution in [3.8, 4) is 5.75 Å². The number of halogens is 1. The number of amides is 2. The van der Waals surface area contributed by atoms with E-state index < -0.39 is 6.10 Å². The van der Waals surface area contributed by atoms with Gasteiger partial charge in [-0.25, -0.2) is 0 Å². The molecule has 0 fully saturated rings. The highest BCUT2D eigenvalue weighted by molar-refractivity contribution is 6.30. The van der Waals surface area contributed by atoms with Crippen molar-refractivity contribution in [3.63, 3.8) is 0 Å². The fraction of sp³-hybridized carbons (Fsp3) is 0.176. The number of carbonyl (C=O) groups is 2. The molecule has 5 nitrogen and oxygen atoms in total. The average molecular weight is 333 g/mol. The summed E-state index contributed by atoms with van der Waals surface area (Å²) in [5, 5.41) is 5.85. The van der Waals surface area contributed by atoms with Crippen LogP contribution >= 0.6 is 11.6 Å². The minimum Gasteiger partial charge on any atom is -0.481 e. The highest BCUT2D eigenvalue weighted by atomic mass is 35.5. The molecule has 0 aromatic heterocycles. The molecule has 2 N–H and O–H groups in total. The minimum absolute atomic E-state index is 0.216. The minimum atomic E-state index is -0.695. The van der Waals surface area contributed by atoms with Gasteiger partial charge in [-0.3, -0.25) is 9.59 Å². The zero-order valence-electron chi connectivity index (χ0n) is 12.8. The van der Waals surface area contributed by atoms with Crippen LogP contribution in [0.3, 0.4) is 0 Å². The standard InChI is InChI=1S/C17H17ClN2O3/c1-11(23-15-8-6-13(18)7-9-15)16(21)20-14-5-3-4-12(10-14)17(22)19-2/h3-11H,1-2H3,(H,19,22)(H,20,21). The van der Waals surface area contributed by atoms with Gasteiger partial charge in [0.15, 0.2) is 6.10 Å². The third-order valence-electron chi connectivity index (χ3n) is 3.12. The summed E-state index contributed by atoms with van der Waals surface area (Å²) in [6.07, 6.45) is -0.695. The smallest absolute Gasteiger partial charge is 0.265 e. The van der Waals surface area contributed by atoms with E-state index in [-0.39, 0.29) is 11.8 Å². The summed E-state index contributed by atoms with van der Waals surface area (Å²) in [4.78, 5) is 23.8. The number of nitrogens with one attached hydrogen (secondary N) is 2. The molecule has 2 aromatic rings. The predicted molar refractivity (Wildman–Crippen MR) is 90.0 cm³/mol. The van der Waals surface area contributed by atoms with Gasteiger partial charge in [-0.1, -0.05) is 17.7 Å².